The Labute approximate surface area is 110 Å². The van der Waals surface area contributed by atoms with Gasteiger partial charge in [0.1, 0.15) is 6.10 Å². The van der Waals surface area contributed by atoms with Gasteiger partial charge in [-0.3, -0.25) is 0 Å². The van der Waals surface area contributed by atoms with Crippen molar-refractivity contribution in [3.05, 3.63) is 0 Å². The fraction of sp³-hybridized carbons (Fsp3) is 0.929. The van der Waals surface area contributed by atoms with Crippen molar-refractivity contribution in [2.45, 2.75) is 39.7 Å². The second-order valence-corrected chi connectivity index (χ2v) is 6.54. The molecule has 0 N–H and O–H groups in total. The fourth-order valence-electron chi connectivity index (χ4n) is 2.82. The summed E-state index contributed by atoms with van der Waals surface area (Å²) >= 11 is 0. The quantitative estimate of drug-likeness (QED) is 0.757. The first-order chi connectivity index (χ1) is 8.40. The Hall–Kier alpha value is -0.770. The Morgan fingerprint density at radius 1 is 1.39 bits per heavy atom. The highest BCUT2D eigenvalue weighted by Crippen LogP contribution is 2.37. The topological polar surface area (TPSA) is 32.8 Å². The molecule has 18 heavy (non-hydrogen) atoms. The number of nitrogens with zero attached hydrogens (tertiary/aromatic N) is 2. The molecule has 1 amide bonds. The molecule has 2 aliphatic heterocycles. The molecule has 4 heteroatoms. The average molecular weight is 254 g/mol. The van der Waals surface area contributed by atoms with E-state index >= 15 is 0 Å². The Balaban J connectivity index is 1.84. The van der Waals surface area contributed by atoms with Gasteiger partial charge in [-0.2, -0.15) is 0 Å². The number of hydrogen-bond donors (Lipinski definition) is 0. The summed E-state index contributed by atoms with van der Waals surface area (Å²) in [5.41, 5.74) is 0.255. The third-order valence-electron chi connectivity index (χ3n) is 4.77. The van der Waals surface area contributed by atoms with Crippen LogP contribution >= 0.6 is 0 Å². The molecule has 0 radical (unpaired) electrons. The predicted molar refractivity (Wildman–Crippen MR) is 71.5 cm³/mol. The van der Waals surface area contributed by atoms with Gasteiger partial charge in [0.25, 0.3) is 0 Å². The molecule has 104 valence electrons. The molecule has 2 saturated heterocycles. The summed E-state index contributed by atoms with van der Waals surface area (Å²) in [6.45, 7) is 10.3. The Kier molecular flexibility index (Phi) is 3.85. The van der Waals surface area contributed by atoms with Crippen LogP contribution in [0, 0.1) is 11.3 Å². The molecular weight excluding hydrogens is 228 g/mol. The van der Waals surface area contributed by atoms with Crippen LogP contribution in [0.5, 0.6) is 0 Å². The van der Waals surface area contributed by atoms with Gasteiger partial charge < -0.3 is 14.5 Å². The van der Waals surface area contributed by atoms with Crippen molar-refractivity contribution >= 4 is 6.09 Å². The van der Waals surface area contributed by atoms with E-state index in [1.165, 1.54) is 0 Å². The minimum atomic E-state index is -0.111. The number of amides is 1. The van der Waals surface area contributed by atoms with Gasteiger partial charge in [-0.25, -0.2) is 4.79 Å². The number of carbonyl (C=O) groups is 1. The summed E-state index contributed by atoms with van der Waals surface area (Å²) in [5, 5.41) is 0. The Morgan fingerprint density at radius 2 is 2.11 bits per heavy atom. The normalized spacial score (nSPS) is 33.4. The molecule has 4 nitrogen and oxygen atoms in total. The summed E-state index contributed by atoms with van der Waals surface area (Å²) in [5.74, 6) is 0.605. The molecule has 2 aliphatic rings. The van der Waals surface area contributed by atoms with Crippen molar-refractivity contribution in [2.24, 2.45) is 11.3 Å². The van der Waals surface area contributed by atoms with Gasteiger partial charge in [0.05, 0.1) is 0 Å². The lowest BCUT2D eigenvalue weighted by atomic mass is 9.79. The van der Waals surface area contributed by atoms with Crippen molar-refractivity contribution in [1.82, 2.24) is 9.80 Å². The zero-order valence-corrected chi connectivity index (χ0v) is 12.1. The molecule has 0 saturated carbocycles. The van der Waals surface area contributed by atoms with Crippen LogP contribution < -0.4 is 0 Å². The summed E-state index contributed by atoms with van der Waals surface area (Å²) < 4.78 is 5.58. The van der Waals surface area contributed by atoms with Gasteiger partial charge in [0.15, 0.2) is 0 Å². The molecule has 0 aliphatic carbocycles. The summed E-state index contributed by atoms with van der Waals surface area (Å²) in [6, 6.07) is 0. The molecule has 0 aromatic heterocycles. The van der Waals surface area contributed by atoms with Crippen LogP contribution in [-0.2, 0) is 4.74 Å². The van der Waals surface area contributed by atoms with Crippen LogP contribution in [0.3, 0.4) is 0 Å². The number of hydrogen-bond acceptors (Lipinski definition) is 3. The maximum atomic E-state index is 12.1. The number of likely N-dealkylation sites (N-methyl/N-ethyl adjacent to an activating group) is 1. The molecule has 2 atom stereocenters. The number of rotatable bonds is 2. The van der Waals surface area contributed by atoms with Crippen molar-refractivity contribution in [3.63, 3.8) is 0 Å². The third kappa shape index (κ3) is 2.79. The van der Waals surface area contributed by atoms with Crippen molar-refractivity contribution in [3.8, 4) is 0 Å². The van der Waals surface area contributed by atoms with E-state index in [1.807, 2.05) is 4.90 Å². The first-order valence-corrected chi connectivity index (χ1v) is 7.05. The molecule has 0 bridgehead atoms. The van der Waals surface area contributed by atoms with E-state index in [1.54, 1.807) is 0 Å². The lowest BCUT2D eigenvalue weighted by Gasteiger charge is -2.28. The van der Waals surface area contributed by atoms with Gasteiger partial charge in [-0.15, -0.1) is 0 Å². The lowest BCUT2D eigenvalue weighted by Crippen LogP contribution is -2.36. The SMILES string of the molecule is CC(C)[C@@]1(C)CCN(C(=O)O[C@@H]2CCN(C)C2)C1. The smallest absolute Gasteiger partial charge is 0.410 e. The van der Waals surface area contributed by atoms with Gasteiger partial charge >= 0.3 is 6.09 Å². The van der Waals surface area contributed by atoms with E-state index in [4.69, 9.17) is 4.74 Å². The molecule has 0 aromatic carbocycles. The second-order valence-electron chi connectivity index (χ2n) is 6.54. The van der Waals surface area contributed by atoms with E-state index < -0.39 is 0 Å². The standard InChI is InChI=1S/C14H26N2O2/c1-11(2)14(3)6-8-16(10-14)13(17)18-12-5-7-15(4)9-12/h11-12H,5-10H2,1-4H3/t12-,14+/m1/s1. The van der Waals surface area contributed by atoms with Gasteiger partial charge in [-0.05, 0) is 31.2 Å². The van der Waals surface area contributed by atoms with Crippen LogP contribution in [0.4, 0.5) is 4.79 Å². The zero-order chi connectivity index (χ0) is 13.3. The minimum Gasteiger partial charge on any atom is -0.445 e. The third-order valence-corrected chi connectivity index (χ3v) is 4.77. The highest BCUT2D eigenvalue weighted by Gasteiger charge is 2.39. The van der Waals surface area contributed by atoms with E-state index in [9.17, 15) is 4.79 Å². The molecule has 2 heterocycles. The van der Waals surface area contributed by atoms with Crippen molar-refractivity contribution in [2.75, 3.05) is 33.2 Å². The average Bonchev–Trinajstić information content (AvgIpc) is 2.86. The molecule has 0 unspecified atom stereocenters. The molecule has 2 rings (SSSR count). The lowest BCUT2D eigenvalue weighted by molar-refractivity contribution is 0.0683. The summed E-state index contributed by atoms with van der Waals surface area (Å²) in [7, 11) is 2.07. The van der Waals surface area contributed by atoms with Crippen LogP contribution in [0.2, 0.25) is 0 Å². The zero-order valence-electron chi connectivity index (χ0n) is 12.1. The molecule has 0 spiro atoms. The molecule has 0 aromatic rings. The van der Waals surface area contributed by atoms with E-state index in [0.717, 1.165) is 39.0 Å². The van der Waals surface area contributed by atoms with Crippen molar-refractivity contribution < 1.29 is 9.53 Å². The van der Waals surface area contributed by atoms with Crippen LogP contribution in [-0.4, -0.2) is 55.2 Å². The van der Waals surface area contributed by atoms with Crippen LogP contribution in [0.15, 0.2) is 0 Å². The number of ether oxygens (including phenoxy) is 1. The van der Waals surface area contributed by atoms with E-state index in [-0.39, 0.29) is 17.6 Å². The number of likely N-dealkylation sites (tertiary alicyclic amines) is 2. The molecule has 2 fully saturated rings. The van der Waals surface area contributed by atoms with Gasteiger partial charge in [-0.1, -0.05) is 20.8 Å². The van der Waals surface area contributed by atoms with Crippen LogP contribution in [0.25, 0.3) is 0 Å². The summed E-state index contributed by atoms with van der Waals surface area (Å²) in [4.78, 5) is 16.2. The van der Waals surface area contributed by atoms with Gasteiger partial charge in [0, 0.05) is 26.2 Å². The monoisotopic (exact) mass is 254 g/mol. The minimum absolute atomic E-state index is 0.0911. The first-order valence-electron chi connectivity index (χ1n) is 7.05. The second kappa shape index (κ2) is 5.08. The highest BCUT2D eigenvalue weighted by molar-refractivity contribution is 5.68. The van der Waals surface area contributed by atoms with Crippen molar-refractivity contribution in [1.29, 1.82) is 0 Å². The predicted octanol–water partition coefficient (Wildman–Crippen LogP) is 2.20. The van der Waals surface area contributed by atoms with Gasteiger partial charge in [0.2, 0.25) is 0 Å². The van der Waals surface area contributed by atoms with E-state index in [0.29, 0.717) is 5.92 Å². The molecular formula is C14H26N2O2. The fourth-order valence-corrected chi connectivity index (χ4v) is 2.82. The van der Waals surface area contributed by atoms with Crippen LogP contribution in [0.1, 0.15) is 33.6 Å². The maximum Gasteiger partial charge on any atom is 0.410 e. The van der Waals surface area contributed by atoms with E-state index in [2.05, 4.69) is 32.7 Å². The first kappa shape index (κ1) is 13.7. The highest BCUT2D eigenvalue weighted by atomic mass is 16.6. The largest absolute Gasteiger partial charge is 0.445 e. The number of carbonyl (C=O) groups excluding carboxylic acids is 1. The maximum absolute atomic E-state index is 12.1. The Bertz CT molecular complexity index is 319. The Morgan fingerprint density at radius 3 is 2.61 bits per heavy atom. The summed E-state index contributed by atoms with van der Waals surface area (Å²) in [6.07, 6.45) is 2.04.